The monoisotopic (exact) mass is 316 g/mol. The lowest BCUT2D eigenvalue weighted by atomic mass is 10.0. The Balaban J connectivity index is 2.19. The van der Waals surface area contributed by atoms with Crippen LogP contribution in [0.5, 0.6) is 0 Å². The Labute approximate surface area is 128 Å². The fourth-order valence-electron chi connectivity index (χ4n) is 2.65. The Morgan fingerprint density at radius 2 is 1.90 bits per heavy atom. The number of rotatable bonds is 3. The van der Waals surface area contributed by atoms with Crippen LogP contribution >= 0.6 is 23.2 Å². The second kappa shape index (κ2) is 6.64. The standard InChI is InChI=1S/C14H18Cl2N2O2/c1-9-3-2-4-10(6-5-9)17-13-7-11(15)12(16)8-14(13)18(19)20/h7-10,17H,2-6H2,1H3. The molecule has 1 N–H and O–H groups in total. The highest BCUT2D eigenvalue weighted by molar-refractivity contribution is 6.42. The SMILES string of the molecule is CC1CCCC(Nc2cc(Cl)c(Cl)cc2[N+](=O)[O-])CC1. The first-order chi connectivity index (χ1) is 9.47. The van der Waals surface area contributed by atoms with Crippen molar-refractivity contribution in [2.45, 2.75) is 45.1 Å². The summed E-state index contributed by atoms with van der Waals surface area (Å²) in [6, 6.07) is 3.12. The lowest BCUT2D eigenvalue weighted by Crippen LogP contribution is -2.19. The van der Waals surface area contributed by atoms with E-state index in [9.17, 15) is 10.1 Å². The summed E-state index contributed by atoms with van der Waals surface area (Å²) in [5, 5.41) is 14.9. The zero-order valence-electron chi connectivity index (χ0n) is 11.4. The molecule has 20 heavy (non-hydrogen) atoms. The van der Waals surface area contributed by atoms with Gasteiger partial charge in [0.2, 0.25) is 0 Å². The lowest BCUT2D eigenvalue weighted by Gasteiger charge is -2.18. The fourth-order valence-corrected chi connectivity index (χ4v) is 2.98. The van der Waals surface area contributed by atoms with Crippen LogP contribution in [0.3, 0.4) is 0 Å². The number of hydrogen-bond acceptors (Lipinski definition) is 3. The molecule has 1 aromatic rings. The molecule has 1 saturated carbocycles. The summed E-state index contributed by atoms with van der Waals surface area (Å²) in [4.78, 5) is 10.7. The average molecular weight is 317 g/mol. The highest BCUT2D eigenvalue weighted by atomic mass is 35.5. The van der Waals surface area contributed by atoms with Gasteiger partial charge in [0, 0.05) is 12.1 Å². The average Bonchev–Trinajstić information content (AvgIpc) is 2.58. The molecule has 1 aliphatic carbocycles. The number of anilines is 1. The van der Waals surface area contributed by atoms with Crippen LogP contribution in [0.2, 0.25) is 10.0 Å². The molecule has 110 valence electrons. The zero-order chi connectivity index (χ0) is 14.7. The molecule has 2 atom stereocenters. The number of nitro benzene ring substituents is 1. The van der Waals surface area contributed by atoms with Crippen LogP contribution in [0.15, 0.2) is 12.1 Å². The number of nitro groups is 1. The van der Waals surface area contributed by atoms with E-state index >= 15 is 0 Å². The topological polar surface area (TPSA) is 55.2 Å². The van der Waals surface area contributed by atoms with Gasteiger partial charge in [-0.1, -0.05) is 43.0 Å². The predicted molar refractivity (Wildman–Crippen MR) is 82.8 cm³/mol. The minimum atomic E-state index is -0.427. The van der Waals surface area contributed by atoms with Crippen LogP contribution in [-0.2, 0) is 0 Å². The molecule has 2 rings (SSSR count). The molecule has 0 aliphatic heterocycles. The number of nitrogens with one attached hydrogen (secondary N) is 1. The van der Waals surface area contributed by atoms with Crippen LogP contribution in [0.4, 0.5) is 11.4 Å². The van der Waals surface area contributed by atoms with Crippen molar-refractivity contribution in [2.75, 3.05) is 5.32 Å². The zero-order valence-corrected chi connectivity index (χ0v) is 12.9. The van der Waals surface area contributed by atoms with Crippen molar-refractivity contribution in [3.05, 3.63) is 32.3 Å². The summed E-state index contributed by atoms with van der Waals surface area (Å²) in [5.41, 5.74) is 0.445. The normalized spacial score (nSPS) is 23.1. The Hall–Kier alpha value is -1.00. The number of benzene rings is 1. The summed E-state index contributed by atoms with van der Waals surface area (Å²) < 4.78 is 0. The molecule has 0 aromatic heterocycles. The Morgan fingerprint density at radius 1 is 1.20 bits per heavy atom. The van der Waals surface area contributed by atoms with Gasteiger partial charge < -0.3 is 5.32 Å². The van der Waals surface area contributed by atoms with E-state index in [1.54, 1.807) is 6.07 Å². The summed E-state index contributed by atoms with van der Waals surface area (Å²) in [6.45, 7) is 2.25. The summed E-state index contributed by atoms with van der Waals surface area (Å²) >= 11 is 11.8. The second-order valence-corrected chi connectivity index (χ2v) is 6.31. The van der Waals surface area contributed by atoms with Crippen molar-refractivity contribution in [3.63, 3.8) is 0 Å². The largest absolute Gasteiger partial charge is 0.377 e. The van der Waals surface area contributed by atoms with E-state index in [-0.39, 0.29) is 16.8 Å². The molecule has 0 heterocycles. The van der Waals surface area contributed by atoms with Gasteiger partial charge in [-0.2, -0.15) is 0 Å². The van der Waals surface area contributed by atoms with Gasteiger partial charge in [-0.15, -0.1) is 0 Å². The van der Waals surface area contributed by atoms with E-state index in [1.807, 2.05) is 0 Å². The maximum Gasteiger partial charge on any atom is 0.293 e. The third kappa shape index (κ3) is 3.76. The lowest BCUT2D eigenvalue weighted by molar-refractivity contribution is -0.384. The Bertz CT molecular complexity index is 508. The molecule has 4 nitrogen and oxygen atoms in total. The van der Waals surface area contributed by atoms with Gasteiger partial charge in [0.25, 0.3) is 5.69 Å². The van der Waals surface area contributed by atoms with E-state index in [4.69, 9.17) is 23.2 Å². The van der Waals surface area contributed by atoms with Crippen LogP contribution in [0.1, 0.15) is 39.0 Å². The molecule has 1 aromatic carbocycles. The van der Waals surface area contributed by atoms with Crippen molar-refractivity contribution < 1.29 is 4.92 Å². The maximum atomic E-state index is 11.1. The third-order valence-corrected chi connectivity index (χ3v) is 4.57. The van der Waals surface area contributed by atoms with Crippen LogP contribution in [0, 0.1) is 16.0 Å². The first kappa shape index (κ1) is 15.4. The smallest absolute Gasteiger partial charge is 0.293 e. The molecule has 2 unspecified atom stereocenters. The van der Waals surface area contributed by atoms with Crippen LogP contribution in [0.25, 0.3) is 0 Å². The van der Waals surface area contributed by atoms with E-state index in [0.29, 0.717) is 10.7 Å². The quantitative estimate of drug-likeness (QED) is 0.468. The van der Waals surface area contributed by atoms with Crippen molar-refractivity contribution in [1.82, 2.24) is 0 Å². The van der Waals surface area contributed by atoms with E-state index < -0.39 is 4.92 Å². The Kier molecular flexibility index (Phi) is 5.11. The maximum absolute atomic E-state index is 11.1. The molecule has 6 heteroatoms. The molecule has 0 bridgehead atoms. The molecule has 0 amide bonds. The van der Waals surface area contributed by atoms with Gasteiger partial charge in [0.1, 0.15) is 5.69 Å². The summed E-state index contributed by atoms with van der Waals surface area (Å²) in [6.07, 6.45) is 5.57. The summed E-state index contributed by atoms with van der Waals surface area (Å²) in [7, 11) is 0. The molecular weight excluding hydrogens is 299 g/mol. The molecule has 1 aliphatic rings. The molecule has 0 spiro atoms. The van der Waals surface area contributed by atoms with Crippen LogP contribution in [-0.4, -0.2) is 11.0 Å². The van der Waals surface area contributed by atoms with Gasteiger partial charge in [0.05, 0.1) is 15.0 Å². The Morgan fingerprint density at radius 3 is 2.60 bits per heavy atom. The van der Waals surface area contributed by atoms with Crippen molar-refractivity contribution in [2.24, 2.45) is 5.92 Å². The van der Waals surface area contributed by atoms with Gasteiger partial charge >= 0.3 is 0 Å². The molecule has 0 saturated heterocycles. The van der Waals surface area contributed by atoms with Gasteiger partial charge in [0.15, 0.2) is 0 Å². The van der Waals surface area contributed by atoms with Crippen LogP contribution < -0.4 is 5.32 Å². The van der Waals surface area contributed by atoms with Gasteiger partial charge in [-0.05, 0) is 31.2 Å². The number of nitrogens with zero attached hydrogens (tertiary/aromatic N) is 1. The van der Waals surface area contributed by atoms with Crippen molar-refractivity contribution in [1.29, 1.82) is 0 Å². The fraction of sp³-hybridized carbons (Fsp3) is 0.571. The third-order valence-electron chi connectivity index (χ3n) is 3.85. The first-order valence-corrected chi connectivity index (χ1v) is 7.63. The van der Waals surface area contributed by atoms with E-state index in [2.05, 4.69) is 12.2 Å². The highest BCUT2D eigenvalue weighted by Gasteiger charge is 2.21. The molecular formula is C14H18Cl2N2O2. The number of halogens is 2. The minimum Gasteiger partial charge on any atom is -0.377 e. The van der Waals surface area contributed by atoms with Gasteiger partial charge in [-0.3, -0.25) is 10.1 Å². The molecule has 0 radical (unpaired) electrons. The van der Waals surface area contributed by atoms with E-state index in [1.165, 1.54) is 12.5 Å². The summed E-state index contributed by atoms with van der Waals surface area (Å²) in [5.74, 6) is 0.727. The first-order valence-electron chi connectivity index (χ1n) is 6.87. The minimum absolute atomic E-state index is 0.0169. The molecule has 1 fully saturated rings. The highest BCUT2D eigenvalue weighted by Crippen LogP contribution is 2.35. The predicted octanol–water partition coefficient (Wildman–Crippen LogP) is 5.28. The van der Waals surface area contributed by atoms with Gasteiger partial charge in [-0.25, -0.2) is 0 Å². The van der Waals surface area contributed by atoms with Crippen molar-refractivity contribution >= 4 is 34.6 Å². The second-order valence-electron chi connectivity index (χ2n) is 5.50. The number of hydrogen-bond donors (Lipinski definition) is 1. The van der Waals surface area contributed by atoms with Crippen molar-refractivity contribution in [3.8, 4) is 0 Å². The van der Waals surface area contributed by atoms with E-state index in [0.717, 1.165) is 31.6 Å².